The summed E-state index contributed by atoms with van der Waals surface area (Å²) in [6, 6.07) is 9.46. The molecular formula is C14H10BrIN2O3. The van der Waals surface area contributed by atoms with Crippen LogP contribution in [0.2, 0.25) is 0 Å². The number of nitrogens with one attached hydrogen (secondary N) is 1. The van der Waals surface area contributed by atoms with Crippen LogP contribution >= 0.6 is 38.5 Å². The van der Waals surface area contributed by atoms with E-state index in [0.717, 1.165) is 4.47 Å². The number of aromatic hydroxyl groups is 2. The first kappa shape index (κ1) is 15.8. The molecule has 0 bridgehead atoms. The maximum atomic E-state index is 11.8. The number of hydrogen-bond donors (Lipinski definition) is 3. The molecule has 0 saturated heterocycles. The lowest BCUT2D eigenvalue weighted by atomic mass is 10.2. The molecule has 0 fully saturated rings. The van der Waals surface area contributed by atoms with Gasteiger partial charge in [0.2, 0.25) is 0 Å². The first-order valence-corrected chi connectivity index (χ1v) is 7.65. The van der Waals surface area contributed by atoms with Crippen LogP contribution in [0, 0.1) is 3.57 Å². The normalized spacial score (nSPS) is 10.8. The Morgan fingerprint density at radius 1 is 1.19 bits per heavy atom. The van der Waals surface area contributed by atoms with E-state index in [4.69, 9.17) is 0 Å². The lowest BCUT2D eigenvalue weighted by Gasteiger charge is -2.02. The number of rotatable bonds is 3. The molecule has 0 aliphatic carbocycles. The highest BCUT2D eigenvalue weighted by atomic mass is 127. The molecule has 2 aromatic carbocycles. The van der Waals surface area contributed by atoms with Gasteiger partial charge in [-0.15, -0.1) is 0 Å². The smallest absolute Gasteiger partial charge is 0.271 e. The van der Waals surface area contributed by atoms with Gasteiger partial charge in [-0.25, -0.2) is 5.43 Å². The summed E-state index contributed by atoms with van der Waals surface area (Å²) in [6.45, 7) is 0. The number of carbonyl (C=O) groups is 1. The molecule has 0 aliphatic heterocycles. The molecule has 2 rings (SSSR count). The van der Waals surface area contributed by atoms with Crippen LogP contribution in [-0.2, 0) is 0 Å². The molecule has 0 heterocycles. The molecule has 3 N–H and O–H groups in total. The zero-order chi connectivity index (χ0) is 15.4. The molecule has 0 unspecified atom stereocenters. The summed E-state index contributed by atoms with van der Waals surface area (Å²) in [5, 5.41) is 23.0. The molecule has 2 aromatic rings. The summed E-state index contributed by atoms with van der Waals surface area (Å²) in [7, 11) is 0. The van der Waals surface area contributed by atoms with Crippen LogP contribution in [0.1, 0.15) is 15.9 Å². The van der Waals surface area contributed by atoms with Crippen molar-refractivity contribution in [1.82, 2.24) is 5.43 Å². The van der Waals surface area contributed by atoms with E-state index in [0.29, 0.717) is 14.7 Å². The fourth-order valence-electron chi connectivity index (χ4n) is 1.51. The second kappa shape index (κ2) is 6.90. The van der Waals surface area contributed by atoms with Gasteiger partial charge in [0.15, 0.2) is 0 Å². The van der Waals surface area contributed by atoms with Crippen LogP contribution in [0.25, 0.3) is 0 Å². The standard InChI is InChI=1S/C14H10BrIN2O3/c15-10-2-4-12(19)9(5-10)7-17-18-14(21)8-1-3-11(16)13(20)6-8/h1-7,19-20H,(H,18,21). The first-order chi connectivity index (χ1) is 9.97. The molecule has 0 spiro atoms. The van der Waals surface area contributed by atoms with E-state index in [2.05, 4.69) is 26.5 Å². The Bertz CT molecular complexity index is 719. The Hall–Kier alpha value is -1.61. The van der Waals surface area contributed by atoms with Crippen molar-refractivity contribution in [2.24, 2.45) is 5.10 Å². The fraction of sp³-hybridized carbons (Fsp3) is 0. The van der Waals surface area contributed by atoms with Gasteiger partial charge in [-0.3, -0.25) is 4.79 Å². The monoisotopic (exact) mass is 460 g/mol. The van der Waals surface area contributed by atoms with Gasteiger partial charge in [-0.2, -0.15) is 5.10 Å². The molecule has 0 aliphatic rings. The molecule has 0 radical (unpaired) electrons. The minimum Gasteiger partial charge on any atom is -0.507 e. The van der Waals surface area contributed by atoms with E-state index >= 15 is 0 Å². The minimum atomic E-state index is -0.451. The number of phenolic OH excluding ortho intramolecular Hbond substituents is 2. The summed E-state index contributed by atoms with van der Waals surface area (Å²) < 4.78 is 1.45. The van der Waals surface area contributed by atoms with Gasteiger partial charge >= 0.3 is 0 Å². The van der Waals surface area contributed by atoms with Crippen molar-refractivity contribution >= 4 is 50.6 Å². The van der Waals surface area contributed by atoms with E-state index in [1.165, 1.54) is 18.3 Å². The molecule has 0 aromatic heterocycles. The Labute approximate surface area is 143 Å². The van der Waals surface area contributed by atoms with Crippen molar-refractivity contribution in [2.45, 2.75) is 0 Å². The summed E-state index contributed by atoms with van der Waals surface area (Å²) >= 11 is 5.24. The molecular weight excluding hydrogens is 451 g/mol. The fourth-order valence-corrected chi connectivity index (χ4v) is 2.22. The van der Waals surface area contributed by atoms with Crippen molar-refractivity contribution in [1.29, 1.82) is 0 Å². The zero-order valence-electron chi connectivity index (χ0n) is 10.5. The van der Waals surface area contributed by atoms with Crippen molar-refractivity contribution < 1.29 is 15.0 Å². The number of hydrogen-bond acceptors (Lipinski definition) is 4. The quantitative estimate of drug-likeness (QED) is 0.373. The van der Waals surface area contributed by atoms with Gasteiger partial charge < -0.3 is 10.2 Å². The maximum Gasteiger partial charge on any atom is 0.271 e. The SMILES string of the molecule is O=C(NN=Cc1cc(Br)ccc1O)c1ccc(I)c(O)c1. The predicted octanol–water partition coefficient (Wildman–Crippen LogP) is 3.23. The number of amides is 1. The topological polar surface area (TPSA) is 81.9 Å². The van der Waals surface area contributed by atoms with Crippen molar-refractivity contribution in [3.05, 3.63) is 55.6 Å². The average molecular weight is 461 g/mol. The molecule has 1 amide bonds. The van der Waals surface area contributed by atoms with Crippen molar-refractivity contribution in [2.75, 3.05) is 0 Å². The Balaban J connectivity index is 2.08. The Kier molecular flexibility index (Phi) is 5.18. The molecule has 108 valence electrons. The van der Waals surface area contributed by atoms with Gasteiger partial charge in [0.25, 0.3) is 5.91 Å². The second-order valence-corrected chi connectivity index (χ2v) is 6.15. The summed E-state index contributed by atoms with van der Waals surface area (Å²) in [6.07, 6.45) is 1.34. The predicted molar refractivity (Wildman–Crippen MR) is 91.7 cm³/mol. The van der Waals surface area contributed by atoms with Crippen LogP contribution < -0.4 is 5.43 Å². The highest BCUT2D eigenvalue weighted by molar-refractivity contribution is 14.1. The van der Waals surface area contributed by atoms with E-state index < -0.39 is 5.91 Å². The molecule has 21 heavy (non-hydrogen) atoms. The van der Waals surface area contributed by atoms with Gasteiger partial charge in [-0.05, 0) is 59.0 Å². The second-order valence-electron chi connectivity index (χ2n) is 4.07. The Morgan fingerprint density at radius 3 is 2.67 bits per heavy atom. The molecule has 0 atom stereocenters. The third-order valence-electron chi connectivity index (χ3n) is 2.57. The third kappa shape index (κ3) is 4.18. The van der Waals surface area contributed by atoms with Gasteiger partial charge in [0.05, 0.1) is 9.78 Å². The highest BCUT2D eigenvalue weighted by Crippen LogP contribution is 2.21. The van der Waals surface area contributed by atoms with Crippen LogP contribution in [0.4, 0.5) is 0 Å². The van der Waals surface area contributed by atoms with Crippen LogP contribution in [-0.4, -0.2) is 22.3 Å². The number of benzene rings is 2. The van der Waals surface area contributed by atoms with Crippen LogP contribution in [0.15, 0.2) is 46.0 Å². The average Bonchev–Trinajstić information content (AvgIpc) is 2.45. The maximum absolute atomic E-state index is 11.8. The van der Waals surface area contributed by atoms with Crippen molar-refractivity contribution in [3.63, 3.8) is 0 Å². The number of halogens is 2. The molecule has 7 heteroatoms. The first-order valence-electron chi connectivity index (χ1n) is 5.78. The zero-order valence-corrected chi connectivity index (χ0v) is 14.3. The van der Waals surface area contributed by atoms with Crippen LogP contribution in [0.3, 0.4) is 0 Å². The lowest BCUT2D eigenvalue weighted by Crippen LogP contribution is -2.17. The highest BCUT2D eigenvalue weighted by Gasteiger charge is 2.07. The van der Waals surface area contributed by atoms with Crippen molar-refractivity contribution in [3.8, 4) is 11.5 Å². The van der Waals surface area contributed by atoms with Crippen LogP contribution in [0.5, 0.6) is 11.5 Å². The minimum absolute atomic E-state index is 0.0388. The van der Waals surface area contributed by atoms with Gasteiger partial charge in [0, 0.05) is 15.6 Å². The Morgan fingerprint density at radius 2 is 1.95 bits per heavy atom. The van der Waals surface area contributed by atoms with Gasteiger partial charge in [-0.1, -0.05) is 15.9 Å². The number of nitrogens with zero attached hydrogens (tertiary/aromatic N) is 1. The van der Waals surface area contributed by atoms with E-state index in [9.17, 15) is 15.0 Å². The van der Waals surface area contributed by atoms with E-state index in [1.807, 2.05) is 22.6 Å². The van der Waals surface area contributed by atoms with Gasteiger partial charge in [0.1, 0.15) is 11.5 Å². The lowest BCUT2D eigenvalue weighted by molar-refractivity contribution is 0.0954. The molecule has 5 nitrogen and oxygen atoms in total. The van der Waals surface area contributed by atoms with E-state index in [-0.39, 0.29) is 11.5 Å². The summed E-state index contributed by atoms with van der Waals surface area (Å²) in [5.41, 5.74) is 3.09. The largest absolute Gasteiger partial charge is 0.507 e. The number of phenols is 2. The third-order valence-corrected chi connectivity index (χ3v) is 3.97. The van der Waals surface area contributed by atoms with E-state index in [1.54, 1.807) is 24.3 Å². The summed E-state index contributed by atoms with van der Waals surface area (Å²) in [5.74, 6) is -0.354. The summed E-state index contributed by atoms with van der Waals surface area (Å²) in [4.78, 5) is 11.8. The number of carbonyl (C=O) groups excluding carboxylic acids is 1. The number of hydrazone groups is 1. The molecule has 0 saturated carbocycles.